The minimum atomic E-state index is 0.131. The number of aromatic nitrogens is 3. The third-order valence-electron chi connectivity index (χ3n) is 3.44. The Kier molecular flexibility index (Phi) is 1.88. The Bertz CT molecular complexity index is 546. The first-order chi connectivity index (χ1) is 7.57. The van der Waals surface area contributed by atoms with Crippen LogP contribution in [0.1, 0.15) is 44.0 Å². The van der Waals surface area contributed by atoms with Gasteiger partial charge in [0.2, 0.25) is 0 Å². The van der Waals surface area contributed by atoms with E-state index in [1.165, 1.54) is 29.7 Å². The smallest absolute Gasteiger partial charge is 0.164 e. The Morgan fingerprint density at radius 1 is 1.25 bits per heavy atom. The molecule has 0 saturated carbocycles. The molecule has 0 spiro atoms. The van der Waals surface area contributed by atoms with Gasteiger partial charge in [-0.25, -0.2) is 0 Å². The number of hydrogen-bond acceptors (Lipinski definition) is 2. The second-order valence-corrected chi connectivity index (χ2v) is 5.66. The third-order valence-corrected chi connectivity index (χ3v) is 3.44. The summed E-state index contributed by atoms with van der Waals surface area (Å²) in [5.74, 6) is 0. The van der Waals surface area contributed by atoms with Crippen LogP contribution in [0.2, 0.25) is 0 Å². The van der Waals surface area contributed by atoms with Crippen molar-refractivity contribution in [1.82, 2.24) is 14.6 Å². The first-order valence-electron chi connectivity index (χ1n) is 5.92. The first-order valence-corrected chi connectivity index (χ1v) is 5.92. The highest BCUT2D eigenvalue weighted by Crippen LogP contribution is 2.31. The summed E-state index contributed by atoms with van der Waals surface area (Å²) in [6.07, 6.45) is 5.48. The van der Waals surface area contributed by atoms with Crippen LogP contribution >= 0.6 is 0 Å². The molecule has 2 heterocycles. The van der Waals surface area contributed by atoms with Crippen molar-refractivity contribution in [2.75, 3.05) is 0 Å². The highest BCUT2D eigenvalue weighted by atomic mass is 15.2. The lowest BCUT2D eigenvalue weighted by molar-refractivity contribution is 0.590. The fourth-order valence-electron chi connectivity index (χ4n) is 2.59. The van der Waals surface area contributed by atoms with Crippen molar-refractivity contribution in [3.8, 4) is 0 Å². The van der Waals surface area contributed by atoms with Gasteiger partial charge < -0.3 is 0 Å². The summed E-state index contributed by atoms with van der Waals surface area (Å²) < 4.78 is 2.18. The van der Waals surface area contributed by atoms with Crippen molar-refractivity contribution >= 4 is 5.65 Å². The quantitative estimate of drug-likeness (QED) is 0.676. The van der Waals surface area contributed by atoms with E-state index in [1.807, 2.05) is 6.33 Å². The van der Waals surface area contributed by atoms with E-state index in [1.54, 1.807) is 0 Å². The Balaban J connectivity index is 2.38. The van der Waals surface area contributed by atoms with Crippen LogP contribution in [0, 0.1) is 0 Å². The molecule has 0 atom stereocenters. The minimum absolute atomic E-state index is 0.131. The summed E-state index contributed by atoms with van der Waals surface area (Å²) in [6, 6.07) is 2.34. The molecule has 16 heavy (non-hydrogen) atoms. The molecule has 0 bridgehead atoms. The highest BCUT2D eigenvalue weighted by Gasteiger charge is 2.24. The predicted molar refractivity (Wildman–Crippen MR) is 63.7 cm³/mol. The number of pyridine rings is 1. The molecule has 0 unspecified atom stereocenters. The molecule has 3 heteroatoms. The lowest BCUT2D eigenvalue weighted by Crippen LogP contribution is -2.14. The van der Waals surface area contributed by atoms with Crippen LogP contribution in [-0.2, 0) is 18.3 Å². The van der Waals surface area contributed by atoms with Gasteiger partial charge in [0.1, 0.15) is 6.33 Å². The molecule has 1 aliphatic rings. The van der Waals surface area contributed by atoms with E-state index in [2.05, 4.69) is 41.4 Å². The molecule has 3 rings (SSSR count). The van der Waals surface area contributed by atoms with E-state index in [0.717, 1.165) is 12.1 Å². The van der Waals surface area contributed by atoms with Crippen LogP contribution in [0.15, 0.2) is 12.4 Å². The molecule has 0 N–H and O–H groups in total. The maximum absolute atomic E-state index is 4.28. The van der Waals surface area contributed by atoms with Gasteiger partial charge in [0.05, 0.1) is 0 Å². The molecule has 0 aliphatic heterocycles. The zero-order chi connectivity index (χ0) is 11.3. The van der Waals surface area contributed by atoms with Crippen molar-refractivity contribution in [1.29, 1.82) is 0 Å². The summed E-state index contributed by atoms with van der Waals surface area (Å²) in [6.45, 7) is 6.70. The van der Waals surface area contributed by atoms with Gasteiger partial charge in [-0.05, 0) is 36.3 Å². The molecule has 1 aliphatic carbocycles. The SMILES string of the molecule is CC(C)(C)c1cc2c(n3cnnc13)CCC2. The van der Waals surface area contributed by atoms with Crippen LogP contribution in [0.5, 0.6) is 0 Å². The lowest BCUT2D eigenvalue weighted by atomic mass is 9.86. The number of hydrogen-bond donors (Lipinski definition) is 0. The average molecular weight is 215 g/mol. The molecular formula is C13H17N3. The normalized spacial score (nSPS) is 15.7. The van der Waals surface area contributed by atoms with Crippen molar-refractivity contribution in [2.45, 2.75) is 45.4 Å². The third kappa shape index (κ3) is 1.27. The van der Waals surface area contributed by atoms with E-state index < -0.39 is 0 Å². The van der Waals surface area contributed by atoms with Crippen LogP contribution in [-0.4, -0.2) is 14.6 Å². The van der Waals surface area contributed by atoms with Crippen molar-refractivity contribution in [3.63, 3.8) is 0 Å². The predicted octanol–water partition coefficient (Wildman–Crippen LogP) is 2.52. The molecule has 0 radical (unpaired) electrons. The number of aryl methyl sites for hydroxylation is 2. The largest absolute Gasteiger partial charge is 0.285 e. The number of rotatable bonds is 0. The standard InChI is InChI=1S/C13H17N3/c1-13(2,3)10-7-9-5-4-6-11(9)16-8-14-15-12(10)16/h7-8H,4-6H2,1-3H3. The maximum Gasteiger partial charge on any atom is 0.164 e. The van der Waals surface area contributed by atoms with Crippen molar-refractivity contribution in [2.24, 2.45) is 0 Å². The lowest BCUT2D eigenvalue weighted by Gasteiger charge is -2.21. The fraction of sp³-hybridized carbons (Fsp3) is 0.538. The topological polar surface area (TPSA) is 30.2 Å². The summed E-state index contributed by atoms with van der Waals surface area (Å²) in [7, 11) is 0. The van der Waals surface area contributed by atoms with E-state index in [9.17, 15) is 0 Å². The fourth-order valence-corrected chi connectivity index (χ4v) is 2.59. The summed E-state index contributed by atoms with van der Waals surface area (Å²) in [5.41, 5.74) is 5.37. The summed E-state index contributed by atoms with van der Waals surface area (Å²) >= 11 is 0. The number of fused-ring (bicyclic) bond motifs is 3. The van der Waals surface area contributed by atoms with Crippen molar-refractivity contribution in [3.05, 3.63) is 29.2 Å². The Morgan fingerprint density at radius 2 is 2.06 bits per heavy atom. The number of nitrogens with zero attached hydrogens (tertiary/aromatic N) is 3. The summed E-state index contributed by atoms with van der Waals surface area (Å²) in [5, 5.41) is 8.34. The van der Waals surface area contributed by atoms with Gasteiger partial charge in [-0.3, -0.25) is 4.40 Å². The Labute approximate surface area is 95.5 Å². The van der Waals surface area contributed by atoms with Gasteiger partial charge in [-0.15, -0.1) is 10.2 Å². The second kappa shape index (κ2) is 3.06. The van der Waals surface area contributed by atoms with Gasteiger partial charge in [0.25, 0.3) is 0 Å². The van der Waals surface area contributed by atoms with E-state index in [4.69, 9.17) is 0 Å². The van der Waals surface area contributed by atoms with Crippen molar-refractivity contribution < 1.29 is 0 Å². The molecular weight excluding hydrogens is 198 g/mol. The van der Waals surface area contributed by atoms with Gasteiger partial charge in [-0.1, -0.05) is 20.8 Å². The molecule has 2 aromatic heterocycles. The van der Waals surface area contributed by atoms with E-state index >= 15 is 0 Å². The monoisotopic (exact) mass is 215 g/mol. The van der Waals surface area contributed by atoms with Gasteiger partial charge in [0, 0.05) is 11.3 Å². The molecule has 2 aromatic rings. The molecule has 3 nitrogen and oxygen atoms in total. The Morgan fingerprint density at radius 3 is 2.81 bits per heavy atom. The van der Waals surface area contributed by atoms with Crippen LogP contribution < -0.4 is 0 Å². The molecule has 84 valence electrons. The molecule has 0 amide bonds. The molecule has 0 aromatic carbocycles. The zero-order valence-electron chi connectivity index (χ0n) is 10.1. The van der Waals surface area contributed by atoms with E-state index in [0.29, 0.717) is 0 Å². The second-order valence-electron chi connectivity index (χ2n) is 5.66. The van der Waals surface area contributed by atoms with E-state index in [-0.39, 0.29) is 5.41 Å². The van der Waals surface area contributed by atoms with Crippen LogP contribution in [0.3, 0.4) is 0 Å². The Hall–Kier alpha value is -1.38. The average Bonchev–Trinajstić information content (AvgIpc) is 2.82. The summed E-state index contributed by atoms with van der Waals surface area (Å²) in [4.78, 5) is 0. The van der Waals surface area contributed by atoms with Gasteiger partial charge in [0.15, 0.2) is 5.65 Å². The first kappa shape index (κ1) is 9.82. The minimum Gasteiger partial charge on any atom is -0.285 e. The maximum atomic E-state index is 4.28. The zero-order valence-corrected chi connectivity index (χ0v) is 10.1. The van der Waals surface area contributed by atoms with Crippen LogP contribution in [0.25, 0.3) is 5.65 Å². The molecule has 0 fully saturated rings. The van der Waals surface area contributed by atoms with Gasteiger partial charge >= 0.3 is 0 Å². The van der Waals surface area contributed by atoms with Gasteiger partial charge in [-0.2, -0.15) is 0 Å². The van der Waals surface area contributed by atoms with Crippen LogP contribution in [0.4, 0.5) is 0 Å². The highest BCUT2D eigenvalue weighted by molar-refractivity contribution is 5.54. The molecule has 0 saturated heterocycles.